The van der Waals surface area contributed by atoms with Gasteiger partial charge in [-0.3, -0.25) is 57.5 Å². The third-order valence-electron chi connectivity index (χ3n) is 17.8. The van der Waals surface area contributed by atoms with Gasteiger partial charge in [-0.05, 0) is 155 Å². The molecule has 0 bridgehead atoms. The Labute approximate surface area is 666 Å². The van der Waals surface area contributed by atoms with Crippen molar-refractivity contribution in [2.45, 2.75) is 95.9 Å². The molecule has 0 amide bonds. The van der Waals surface area contributed by atoms with E-state index in [1.165, 1.54) is 120 Å². The van der Waals surface area contributed by atoms with Crippen molar-refractivity contribution in [3.05, 3.63) is 311 Å². The van der Waals surface area contributed by atoms with E-state index in [0.717, 1.165) is 6.08 Å². The van der Waals surface area contributed by atoms with Gasteiger partial charge in [0, 0.05) is 58.0 Å². The molecule has 25 heteroatoms. The number of rotatable bonds is 17. The monoisotopic (exact) mass is 1590 g/mol. The topological polar surface area (TPSA) is 425 Å². The molecule has 6 heterocycles. The van der Waals surface area contributed by atoms with Crippen LogP contribution in [0.15, 0.2) is 216 Å². The van der Waals surface area contributed by atoms with Crippen molar-refractivity contribution in [2.24, 2.45) is 0 Å². The first-order valence-electron chi connectivity index (χ1n) is 35.7. The standard InChI is InChI=1S/3C16H14O4.C15H12O5.C15H14O4.C14H14O4/c1-4-5-6-14-9(2)16(19)12-7-11(10(3)17)13(18)8-15(12)20-14;1-4-5-6-13-9(2)15(19)11-7-8-12(18)14(10(3)17)16(11)20-13;1-3-4-5-6-11-15(19)12(10(2)17)9-13-14(18)7-8-20-16(11)13;1-4-10(16)8-6-9-13(18)14(19)11(5-2)20-15(9)7(3)12(8)17;1-4-5-10-6-11-13(17)8(2)7-19-15(11)12(9(3)16)14(10)18;1-3-4-11(15)9-5-10-13(6-12(9)16)18-7-8(2)14(10)17/h2*4-8,18H,1H2,2-3H3;3-9,19H,1-2H3;4-6,17,19H,1-2H2,3H3;4-7,18H,1-3H3;5-7,16H,3-4H2,1-2H3/b2*6-5+;4-3+,6-5+;;5-4+;. The first-order valence-corrected chi connectivity index (χ1v) is 35.7. The molecule has 0 aliphatic heterocycles. The van der Waals surface area contributed by atoms with Crippen LogP contribution in [0.4, 0.5) is 0 Å². The van der Waals surface area contributed by atoms with Crippen molar-refractivity contribution in [1.29, 1.82) is 0 Å². The summed E-state index contributed by atoms with van der Waals surface area (Å²) in [5.74, 6) is -3.13. The molecule has 0 saturated heterocycles. The van der Waals surface area contributed by atoms with Crippen molar-refractivity contribution in [3.8, 4) is 40.2 Å². The zero-order valence-electron chi connectivity index (χ0n) is 65.8. The minimum Gasteiger partial charge on any atom is -0.507 e. The van der Waals surface area contributed by atoms with Crippen molar-refractivity contribution in [2.75, 3.05) is 0 Å². The van der Waals surface area contributed by atoms with Crippen LogP contribution in [0, 0.1) is 34.6 Å². The lowest BCUT2D eigenvalue weighted by Crippen LogP contribution is -2.09. The van der Waals surface area contributed by atoms with Crippen LogP contribution in [0.2, 0.25) is 0 Å². The Kier molecular flexibility index (Phi) is 29.6. The largest absolute Gasteiger partial charge is 0.507 e. The predicted molar refractivity (Wildman–Crippen MR) is 451 cm³/mol. The smallest absolute Gasteiger partial charge is 0.235 e. The van der Waals surface area contributed by atoms with Gasteiger partial charge in [-0.1, -0.05) is 87.9 Å². The molecule has 0 saturated carbocycles. The fraction of sp³-hybridized carbons (Fsp3) is 0.152. The van der Waals surface area contributed by atoms with E-state index in [0.29, 0.717) is 68.5 Å². The molecule has 600 valence electrons. The number of hydrogen-bond acceptors (Lipinski definition) is 25. The minimum absolute atomic E-state index is 0.00796. The normalized spacial score (nSPS) is 11.1. The lowest BCUT2D eigenvalue weighted by atomic mass is 10.0. The maximum Gasteiger partial charge on any atom is 0.235 e. The van der Waals surface area contributed by atoms with Gasteiger partial charge in [-0.15, -0.1) is 0 Å². The molecule has 7 N–H and O–H groups in total. The predicted octanol–water partition coefficient (Wildman–Crippen LogP) is 18.1. The number of ketones is 6. The van der Waals surface area contributed by atoms with Crippen molar-refractivity contribution in [1.82, 2.24) is 0 Å². The fourth-order valence-electron chi connectivity index (χ4n) is 11.7. The summed E-state index contributed by atoms with van der Waals surface area (Å²) in [5.41, 5.74) is 2.55. The number of carbonyl (C=O) groups excluding carboxylic acids is 6. The summed E-state index contributed by atoms with van der Waals surface area (Å²) in [6.45, 7) is 32.8. The maximum atomic E-state index is 12.3. The second-order valence-corrected chi connectivity index (χ2v) is 26.0. The molecule has 0 aliphatic rings. The molecule has 0 atom stereocenters. The Morgan fingerprint density at radius 1 is 0.419 bits per heavy atom. The number of hydrogen-bond donors (Lipinski definition) is 7. The number of allylic oxidation sites excluding steroid dienone is 9. The molecule has 0 unspecified atom stereocenters. The Hall–Kier alpha value is -15.1. The van der Waals surface area contributed by atoms with E-state index in [-0.39, 0.29) is 190 Å². The van der Waals surface area contributed by atoms with E-state index in [9.17, 15) is 93.3 Å². The van der Waals surface area contributed by atoms with Gasteiger partial charge in [0.1, 0.15) is 79.5 Å². The van der Waals surface area contributed by atoms with Crippen LogP contribution < -0.4 is 32.6 Å². The third kappa shape index (κ3) is 19.5. The molecule has 0 spiro atoms. The van der Waals surface area contributed by atoms with Crippen LogP contribution in [-0.2, 0) is 0 Å². The van der Waals surface area contributed by atoms with Crippen molar-refractivity contribution < 1.29 is 91.0 Å². The summed E-state index contributed by atoms with van der Waals surface area (Å²) in [7, 11) is 0. The summed E-state index contributed by atoms with van der Waals surface area (Å²) in [6.07, 6.45) is 27.1. The summed E-state index contributed by atoms with van der Waals surface area (Å²) in [4.78, 5) is 142. The highest BCUT2D eigenvalue weighted by molar-refractivity contribution is 6.11. The number of benzene rings is 6. The Balaban J connectivity index is 0.000000194. The van der Waals surface area contributed by atoms with Crippen LogP contribution in [-0.4, -0.2) is 70.4 Å². The highest BCUT2D eigenvalue weighted by Gasteiger charge is 2.25. The van der Waals surface area contributed by atoms with E-state index in [1.807, 2.05) is 19.9 Å². The number of Topliss-reactive ketones (excluding diaryl/α,β-unsaturated/α-hetero) is 5. The van der Waals surface area contributed by atoms with Crippen LogP contribution in [0.25, 0.3) is 96.2 Å². The van der Waals surface area contributed by atoms with Crippen LogP contribution in [0.5, 0.6) is 40.2 Å². The first kappa shape index (κ1) is 89.1. The van der Waals surface area contributed by atoms with Gasteiger partial charge in [-0.25, -0.2) is 0 Å². The van der Waals surface area contributed by atoms with Crippen LogP contribution in [0.1, 0.15) is 180 Å². The zero-order chi connectivity index (χ0) is 86.9. The lowest BCUT2D eigenvalue weighted by molar-refractivity contribution is 0.0974. The zero-order valence-corrected chi connectivity index (χ0v) is 65.8. The molecule has 12 rings (SSSR count). The highest BCUT2D eigenvalue weighted by Crippen LogP contribution is 2.37. The van der Waals surface area contributed by atoms with Gasteiger partial charge in [0.25, 0.3) is 0 Å². The number of carbonyl (C=O) groups is 6. The molecule has 0 radical (unpaired) electrons. The quantitative estimate of drug-likeness (QED) is 0.0253. The summed E-state index contributed by atoms with van der Waals surface area (Å²) in [6, 6.07) is 13.5. The van der Waals surface area contributed by atoms with Crippen molar-refractivity contribution >= 4 is 131 Å². The Morgan fingerprint density at radius 3 is 1.53 bits per heavy atom. The molecule has 25 nitrogen and oxygen atoms in total. The fourth-order valence-corrected chi connectivity index (χ4v) is 11.7. The van der Waals surface area contributed by atoms with Gasteiger partial charge in [0.05, 0.1) is 78.9 Å². The van der Waals surface area contributed by atoms with E-state index in [1.54, 1.807) is 101 Å². The first-order chi connectivity index (χ1) is 55.4. The molecular formula is C92H82O25. The van der Waals surface area contributed by atoms with Gasteiger partial charge in [0.15, 0.2) is 78.8 Å². The molecule has 117 heavy (non-hydrogen) atoms. The minimum atomic E-state index is -0.692. The summed E-state index contributed by atoms with van der Waals surface area (Å²) in [5, 5.41) is 70.8. The second kappa shape index (κ2) is 38.9. The van der Waals surface area contributed by atoms with E-state index in [4.69, 9.17) is 26.5 Å². The average Bonchev–Trinajstić information content (AvgIpc) is 0.769. The molecular weight excluding hydrogens is 1500 g/mol. The Bertz CT molecular complexity index is 6640. The second-order valence-electron chi connectivity index (χ2n) is 26.0. The average molecular weight is 1590 g/mol. The number of phenols is 6. The third-order valence-corrected chi connectivity index (χ3v) is 17.8. The number of phenolic OH excluding ortho intramolecular Hbond substituents is 6. The van der Waals surface area contributed by atoms with E-state index >= 15 is 0 Å². The highest BCUT2D eigenvalue weighted by atomic mass is 16.4. The maximum absolute atomic E-state index is 12.3. The van der Waals surface area contributed by atoms with Crippen molar-refractivity contribution in [3.63, 3.8) is 0 Å². The van der Waals surface area contributed by atoms with Crippen LogP contribution >= 0.6 is 0 Å². The Morgan fingerprint density at radius 2 is 0.957 bits per heavy atom. The number of fused-ring (bicyclic) bond motifs is 6. The number of aryl methyl sites for hydroxylation is 3. The molecule has 6 aromatic heterocycles. The van der Waals surface area contributed by atoms with Crippen LogP contribution in [0.3, 0.4) is 0 Å². The SMILES string of the molecule is C/C=C/C=C/c1c(O)c(C(C)=O)cc2c(=O)ccoc12.C/C=C/c1cc2c(=O)c(C)coc2c(C(C)=O)c1O.C=C/C=C/c1oc2c(C(C)=O)c(O)ccc2c(=O)c1C.C=C/C=C/c1oc2cc(O)c(C(C)=O)cc2c(=O)c1C.C=CC(=O)c1cc2c(=O)c(O)c(C=C)oc2c(C)c1O.CCCC(=O)c1cc2c(=O)c(C)coc2cc1O. The van der Waals surface area contributed by atoms with E-state index in [2.05, 4.69) is 26.3 Å². The van der Waals surface area contributed by atoms with Gasteiger partial charge in [-0.2, -0.15) is 0 Å². The molecule has 0 fully saturated rings. The summed E-state index contributed by atoms with van der Waals surface area (Å²) < 4.78 is 32.4. The lowest BCUT2D eigenvalue weighted by Gasteiger charge is -2.09. The molecule has 12 aromatic rings. The summed E-state index contributed by atoms with van der Waals surface area (Å²) >= 11 is 0. The van der Waals surface area contributed by atoms with Gasteiger partial charge >= 0.3 is 0 Å². The number of aromatic hydroxyl groups is 7. The molecule has 6 aromatic carbocycles. The molecule has 0 aliphatic carbocycles. The van der Waals surface area contributed by atoms with Gasteiger partial charge < -0.3 is 62.2 Å². The van der Waals surface area contributed by atoms with Gasteiger partial charge in [0.2, 0.25) is 11.2 Å². The van der Waals surface area contributed by atoms with E-state index < -0.39 is 17.0 Å².